The van der Waals surface area contributed by atoms with Crippen LogP contribution in [-0.2, 0) is 0 Å². The molecule has 0 bridgehead atoms. The molecule has 8 nitrogen and oxygen atoms in total. The van der Waals surface area contributed by atoms with Crippen LogP contribution in [0.25, 0.3) is 66.6 Å². The molecule has 53 heavy (non-hydrogen) atoms. The molecule has 5 heterocycles. The standard InChI is InChI=1S/C44H27FN6O2/c45-43-39(52-29-16-18-33-31-10-1-3-12-35(31)50(37(33)26-29)41-14-5-7-20-46-41)24-28(44-48-22-9-23-49-44)25-40(43)53-30-17-19-34-32-11-2-4-13-36(32)51(38(34)27-30)42-15-6-8-21-47-42/h1-27H. The van der Waals surface area contributed by atoms with Crippen molar-refractivity contribution in [1.29, 1.82) is 0 Å². The van der Waals surface area contributed by atoms with Crippen LogP contribution < -0.4 is 9.47 Å². The van der Waals surface area contributed by atoms with E-state index in [9.17, 15) is 0 Å². The highest BCUT2D eigenvalue weighted by molar-refractivity contribution is 6.10. The van der Waals surface area contributed by atoms with Crippen molar-refractivity contribution < 1.29 is 13.9 Å². The first-order valence-corrected chi connectivity index (χ1v) is 17.1. The number of benzene rings is 5. The fourth-order valence-electron chi connectivity index (χ4n) is 7.05. The first-order chi connectivity index (χ1) is 26.2. The summed E-state index contributed by atoms with van der Waals surface area (Å²) in [6, 6.07) is 44.3. The van der Waals surface area contributed by atoms with E-state index in [-0.39, 0.29) is 11.5 Å². The third-order valence-electron chi connectivity index (χ3n) is 9.33. The van der Waals surface area contributed by atoms with Crippen LogP contribution in [0.2, 0.25) is 0 Å². The molecule has 0 N–H and O–H groups in total. The Kier molecular flexibility index (Phi) is 7.14. The van der Waals surface area contributed by atoms with Gasteiger partial charge in [-0.25, -0.2) is 19.9 Å². The number of halogens is 1. The molecule has 5 aromatic carbocycles. The Morgan fingerprint density at radius 1 is 0.415 bits per heavy atom. The normalized spacial score (nSPS) is 11.5. The van der Waals surface area contributed by atoms with Crippen molar-refractivity contribution in [2.45, 2.75) is 0 Å². The number of hydrogen-bond acceptors (Lipinski definition) is 6. The zero-order valence-corrected chi connectivity index (χ0v) is 28.0. The van der Waals surface area contributed by atoms with Crippen LogP contribution >= 0.6 is 0 Å². The van der Waals surface area contributed by atoms with Crippen LogP contribution in [-0.4, -0.2) is 29.1 Å². The lowest BCUT2D eigenvalue weighted by Crippen LogP contribution is -1.98. The van der Waals surface area contributed by atoms with Gasteiger partial charge in [-0.3, -0.25) is 9.13 Å². The molecule has 0 atom stereocenters. The van der Waals surface area contributed by atoms with Gasteiger partial charge in [0.15, 0.2) is 17.3 Å². The first-order valence-electron chi connectivity index (χ1n) is 17.1. The molecule has 0 aliphatic heterocycles. The van der Waals surface area contributed by atoms with Gasteiger partial charge in [-0.05, 0) is 78.9 Å². The van der Waals surface area contributed by atoms with Gasteiger partial charge in [-0.15, -0.1) is 0 Å². The molecule has 0 fully saturated rings. The Morgan fingerprint density at radius 2 is 0.868 bits per heavy atom. The highest BCUT2D eigenvalue weighted by Crippen LogP contribution is 2.41. The fraction of sp³-hybridized carbons (Fsp3) is 0. The monoisotopic (exact) mass is 690 g/mol. The minimum absolute atomic E-state index is 0.0338. The lowest BCUT2D eigenvalue weighted by Gasteiger charge is -2.14. The van der Waals surface area contributed by atoms with Gasteiger partial charge in [-0.2, -0.15) is 4.39 Å². The second-order valence-electron chi connectivity index (χ2n) is 12.5. The molecule has 10 rings (SSSR count). The molecular formula is C44H27FN6O2. The zero-order chi connectivity index (χ0) is 35.3. The summed E-state index contributed by atoms with van der Waals surface area (Å²) in [5.41, 5.74) is 4.28. The molecule has 9 heteroatoms. The second-order valence-corrected chi connectivity index (χ2v) is 12.5. The highest BCUT2D eigenvalue weighted by atomic mass is 19.1. The van der Waals surface area contributed by atoms with Gasteiger partial charge in [-0.1, -0.05) is 48.5 Å². The van der Waals surface area contributed by atoms with Gasteiger partial charge < -0.3 is 9.47 Å². The van der Waals surface area contributed by atoms with Crippen molar-refractivity contribution in [3.8, 4) is 46.0 Å². The molecule has 5 aromatic heterocycles. The summed E-state index contributed by atoms with van der Waals surface area (Å²) in [5.74, 6) is 2.07. The molecule has 0 aliphatic carbocycles. The van der Waals surface area contributed by atoms with Crippen LogP contribution in [0.5, 0.6) is 23.0 Å². The molecule has 0 saturated carbocycles. The first kappa shape index (κ1) is 30.4. The number of rotatable bonds is 7. The van der Waals surface area contributed by atoms with Crippen molar-refractivity contribution in [2.75, 3.05) is 0 Å². The number of aromatic nitrogens is 6. The quantitative estimate of drug-likeness (QED) is 0.166. The molecule has 0 amide bonds. The van der Waals surface area contributed by atoms with Crippen LogP contribution in [0.1, 0.15) is 0 Å². The van der Waals surface area contributed by atoms with E-state index in [1.54, 1.807) is 43.0 Å². The number of pyridine rings is 2. The van der Waals surface area contributed by atoms with E-state index in [4.69, 9.17) is 9.47 Å². The van der Waals surface area contributed by atoms with Crippen LogP contribution in [0, 0.1) is 5.82 Å². The van der Waals surface area contributed by atoms with Gasteiger partial charge in [0.25, 0.3) is 0 Å². The van der Waals surface area contributed by atoms with Gasteiger partial charge >= 0.3 is 0 Å². The molecule has 0 aliphatic rings. The molecule has 0 unspecified atom stereocenters. The number of para-hydroxylation sites is 2. The Balaban J connectivity index is 1.09. The summed E-state index contributed by atoms with van der Waals surface area (Å²) in [7, 11) is 0. The smallest absolute Gasteiger partial charge is 0.208 e. The number of hydrogen-bond donors (Lipinski definition) is 0. The second kappa shape index (κ2) is 12.4. The lowest BCUT2D eigenvalue weighted by atomic mass is 10.1. The Labute approximate surface area is 302 Å². The summed E-state index contributed by atoms with van der Waals surface area (Å²) < 4.78 is 33.6. The SMILES string of the molecule is Fc1c(Oc2ccc3c4ccccc4n(-c4ccccn4)c3c2)cc(-c2ncccn2)cc1Oc1ccc2c3ccccc3n(-c3ccccn3)c2c1. The van der Waals surface area contributed by atoms with Gasteiger partial charge in [0, 0.05) is 64.0 Å². The average Bonchev–Trinajstić information content (AvgIpc) is 3.72. The molecular weight excluding hydrogens is 664 g/mol. The van der Waals surface area contributed by atoms with E-state index in [0.717, 1.165) is 55.2 Å². The van der Waals surface area contributed by atoms with Crippen molar-refractivity contribution >= 4 is 43.6 Å². The fourth-order valence-corrected chi connectivity index (χ4v) is 7.05. The summed E-state index contributed by atoms with van der Waals surface area (Å²) in [6.45, 7) is 0. The van der Waals surface area contributed by atoms with Crippen molar-refractivity contribution in [1.82, 2.24) is 29.1 Å². The Bertz CT molecular complexity index is 2780. The third-order valence-corrected chi connectivity index (χ3v) is 9.33. The molecule has 0 spiro atoms. The van der Waals surface area contributed by atoms with Gasteiger partial charge in [0.2, 0.25) is 5.82 Å². The maximum absolute atomic E-state index is 16.7. The minimum atomic E-state index is -0.666. The molecule has 0 saturated heterocycles. The topological polar surface area (TPSA) is 79.9 Å². The predicted molar refractivity (Wildman–Crippen MR) is 205 cm³/mol. The van der Waals surface area contributed by atoms with E-state index >= 15 is 4.39 Å². The minimum Gasteiger partial charge on any atom is -0.454 e. The van der Waals surface area contributed by atoms with Gasteiger partial charge in [0.1, 0.15) is 23.1 Å². The van der Waals surface area contributed by atoms with Crippen molar-refractivity contribution in [2.24, 2.45) is 0 Å². The Morgan fingerprint density at radius 3 is 1.36 bits per heavy atom. The Hall–Kier alpha value is -7.39. The summed E-state index contributed by atoms with van der Waals surface area (Å²) in [4.78, 5) is 18.1. The van der Waals surface area contributed by atoms with E-state index < -0.39 is 5.82 Å². The lowest BCUT2D eigenvalue weighted by molar-refractivity contribution is 0.402. The molecule has 10 aromatic rings. The largest absolute Gasteiger partial charge is 0.454 e. The summed E-state index contributed by atoms with van der Waals surface area (Å²) in [5, 5.41) is 4.19. The van der Waals surface area contributed by atoms with Crippen LogP contribution in [0.3, 0.4) is 0 Å². The number of ether oxygens (including phenoxy) is 2. The van der Waals surface area contributed by atoms with Crippen LogP contribution in [0.15, 0.2) is 164 Å². The zero-order valence-electron chi connectivity index (χ0n) is 28.0. The average molecular weight is 691 g/mol. The highest BCUT2D eigenvalue weighted by Gasteiger charge is 2.20. The molecule has 252 valence electrons. The van der Waals surface area contributed by atoms with E-state index in [1.807, 2.05) is 97.1 Å². The van der Waals surface area contributed by atoms with E-state index in [1.165, 1.54) is 0 Å². The predicted octanol–water partition coefficient (Wildman–Crippen LogP) is 10.9. The summed E-state index contributed by atoms with van der Waals surface area (Å²) >= 11 is 0. The third kappa shape index (κ3) is 5.22. The maximum Gasteiger partial charge on any atom is 0.208 e. The summed E-state index contributed by atoms with van der Waals surface area (Å²) in [6.07, 6.45) is 6.81. The molecule has 0 radical (unpaired) electrons. The number of fused-ring (bicyclic) bond motifs is 6. The van der Waals surface area contributed by atoms with Crippen LogP contribution in [0.4, 0.5) is 4.39 Å². The van der Waals surface area contributed by atoms with Gasteiger partial charge in [0.05, 0.1) is 22.1 Å². The van der Waals surface area contributed by atoms with Crippen molar-refractivity contribution in [3.63, 3.8) is 0 Å². The van der Waals surface area contributed by atoms with E-state index in [0.29, 0.717) is 22.9 Å². The van der Waals surface area contributed by atoms with E-state index in [2.05, 4.69) is 53.3 Å². The number of nitrogens with zero attached hydrogens (tertiary/aromatic N) is 6. The maximum atomic E-state index is 16.7. The van der Waals surface area contributed by atoms with Crippen molar-refractivity contribution in [3.05, 3.63) is 170 Å².